The molecule has 1 atom stereocenters. The van der Waals surface area contributed by atoms with E-state index in [9.17, 15) is 0 Å². The molecule has 0 saturated carbocycles. The smallest absolute Gasteiger partial charge is 0.132 e. The summed E-state index contributed by atoms with van der Waals surface area (Å²) in [5, 5.41) is 0. The van der Waals surface area contributed by atoms with Gasteiger partial charge >= 0.3 is 0 Å². The average molecular weight is 784 g/mol. The molecule has 3 aliphatic rings. The quantitative estimate of drug-likeness (QED) is 0.174. The van der Waals surface area contributed by atoms with Gasteiger partial charge in [-0.25, -0.2) is 0 Å². The van der Waals surface area contributed by atoms with Gasteiger partial charge < -0.3 is 14.4 Å². The molecule has 1 aliphatic carbocycles. The normalized spacial score (nSPS) is 15.8. The molecule has 0 bridgehead atoms. The maximum Gasteiger partial charge on any atom is 0.132 e. The number of hydrogen-bond acceptors (Lipinski definition) is 3. The Hall–Kier alpha value is -7.62. The lowest BCUT2D eigenvalue weighted by Crippen LogP contribution is -2.37. The number of anilines is 3. The number of hydrogen-bond donors (Lipinski definition) is 0. The fourth-order valence-electron chi connectivity index (χ4n) is 10.4. The summed E-state index contributed by atoms with van der Waals surface area (Å²) in [5.41, 5.74) is 16.4. The molecule has 61 heavy (non-hydrogen) atoms. The van der Waals surface area contributed by atoms with Crippen LogP contribution >= 0.6 is 0 Å². The summed E-state index contributed by atoms with van der Waals surface area (Å²) in [4.78, 5) is 2.45. The van der Waals surface area contributed by atoms with Gasteiger partial charge in [0.2, 0.25) is 0 Å². The molecule has 0 radical (unpaired) electrons. The molecular formula is C58H41NO2. The molecule has 0 N–H and O–H groups in total. The third-order valence-electron chi connectivity index (χ3n) is 13.2. The Bertz CT molecular complexity index is 3140. The molecule has 290 valence electrons. The minimum absolute atomic E-state index is 0.171. The third-order valence-corrected chi connectivity index (χ3v) is 13.2. The topological polar surface area (TPSA) is 21.7 Å². The fourth-order valence-corrected chi connectivity index (χ4v) is 10.4. The first-order valence-corrected chi connectivity index (χ1v) is 21.1. The number of ether oxygens (including phenoxy) is 2. The zero-order chi connectivity index (χ0) is 40.7. The molecule has 0 fully saturated rings. The van der Waals surface area contributed by atoms with Gasteiger partial charge in [-0.1, -0.05) is 166 Å². The Kier molecular flexibility index (Phi) is 7.79. The van der Waals surface area contributed by atoms with E-state index >= 15 is 0 Å². The van der Waals surface area contributed by atoms with Crippen molar-refractivity contribution < 1.29 is 9.47 Å². The minimum atomic E-state index is -0.776. The van der Waals surface area contributed by atoms with Crippen LogP contribution in [0.4, 0.5) is 17.1 Å². The summed E-state index contributed by atoms with van der Waals surface area (Å²) >= 11 is 0. The Morgan fingerprint density at radius 1 is 0.328 bits per heavy atom. The van der Waals surface area contributed by atoms with Crippen LogP contribution in [0.25, 0.3) is 33.4 Å². The van der Waals surface area contributed by atoms with Crippen LogP contribution in [0, 0.1) is 0 Å². The maximum absolute atomic E-state index is 6.95. The number of benzene rings is 9. The predicted molar refractivity (Wildman–Crippen MR) is 248 cm³/mol. The lowest BCUT2D eigenvalue weighted by atomic mass is 9.62. The first-order chi connectivity index (χ1) is 30.0. The van der Waals surface area contributed by atoms with Crippen LogP contribution in [0.5, 0.6) is 23.0 Å². The van der Waals surface area contributed by atoms with Crippen LogP contribution in [0.3, 0.4) is 0 Å². The lowest BCUT2D eigenvalue weighted by Gasteiger charge is -2.45. The van der Waals surface area contributed by atoms with Crippen LogP contribution in [0.2, 0.25) is 0 Å². The van der Waals surface area contributed by atoms with E-state index in [4.69, 9.17) is 9.47 Å². The summed E-state index contributed by atoms with van der Waals surface area (Å²) in [5.74, 6) is 3.32. The molecule has 1 unspecified atom stereocenters. The summed E-state index contributed by atoms with van der Waals surface area (Å²) in [6, 6.07) is 76.5. The highest BCUT2D eigenvalue weighted by Gasteiger charge is 2.51. The van der Waals surface area contributed by atoms with Crippen molar-refractivity contribution in [2.75, 3.05) is 4.90 Å². The van der Waals surface area contributed by atoms with Crippen molar-refractivity contribution in [2.45, 2.75) is 24.7 Å². The van der Waals surface area contributed by atoms with Crippen molar-refractivity contribution in [3.8, 4) is 56.4 Å². The zero-order valence-corrected chi connectivity index (χ0v) is 34.0. The van der Waals surface area contributed by atoms with E-state index in [0.29, 0.717) is 0 Å². The van der Waals surface area contributed by atoms with Gasteiger partial charge in [-0.05, 0) is 99.6 Å². The Labute approximate surface area is 356 Å². The molecule has 0 saturated heterocycles. The van der Waals surface area contributed by atoms with E-state index in [2.05, 4.69) is 231 Å². The molecule has 12 rings (SSSR count). The van der Waals surface area contributed by atoms with Gasteiger partial charge in [-0.2, -0.15) is 0 Å². The van der Waals surface area contributed by atoms with E-state index in [1.807, 2.05) is 0 Å². The monoisotopic (exact) mass is 783 g/mol. The SMILES string of the molecule is CC1(C)c2ccccc2-c2ccc(N(c3ccc4c(c3)C3(c5ccccc5Oc5ccc(-c6ccccc6)cc53)c3ccccc3O4)c3ccccc3-c3ccccc3)cc21. The summed E-state index contributed by atoms with van der Waals surface area (Å²) < 4.78 is 13.8. The van der Waals surface area contributed by atoms with Crippen molar-refractivity contribution in [1.29, 1.82) is 0 Å². The van der Waals surface area contributed by atoms with Gasteiger partial charge in [0.15, 0.2) is 0 Å². The molecule has 9 aromatic carbocycles. The van der Waals surface area contributed by atoms with E-state index in [1.165, 1.54) is 22.3 Å². The van der Waals surface area contributed by atoms with Crippen molar-refractivity contribution in [3.05, 3.63) is 246 Å². The van der Waals surface area contributed by atoms with E-state index in [-0.39, 0.29) is 5.41 Å². The molecule has 3 heteroatoms. The number of nitrogens with zero attached hydrogens (tertiary/aromatic N) is 1. The van der Waals surface area contributed by atoms with Crippen LogP contribution in [-0.2, 0) is 10.8 Å². The molecule has 0 aromatic heterocycles. The number of fused-ring (bicyclic) bond motifs is 11. The largest absolute Gasteiger partial charge is 0.457 e. The van der Waals surface area contributed by atoms with Gasteiger partial charge in [0.1, 0.15) is 23.0 Å². The Morgan fingerprint density at radius 3 is 1.49 bits per heavy atom. The van der Waals surface area contributed by atoms with Crippen molar-refractivity contribution in [3.63, 3.8) is 0 Å². The average Bonchev–Trinajstić information content (AvgIpc) is 3.55. The van der Waals surface area contributed by atoms with Crippen molar-refractivity contribution >= 4 is 17.1 Å². The number of para-hydroxylation sites is 3. The third kappa shape index (κ3) is 5.23. The first kappa shape index (κ1) is 35.3. The molecule has 0 amide bonds. The lowest BCUT2D eigenvalue weighted by molar-refractivity contribution is 0.399. The van der Waals surface area contributed by atoms with Crippen LogP contribution in [-0.4, -0.2) is 0 Å². The summed E-state index contributed by atoms with van der Waals surface area (Å²) in [6.45, 7) is 4.70. The molecule has 3 nitrogen and oxygen atoms in total. The molecular weight excluding hydrogens is 743 g/mol. The molecule has 2 aliphatic heterocycles. The van der Waals surface area contributed by atoms with Gasteiger partial charge in [0.25, 0.3) is 0 Å². The standard InChI is InChI=1S/C58H41NO2/c1-57(2)46-23-11-9-22-44(46)45-32-30-41(36-49(45)57)59(52-26-14-10-21-43(52)39-19-7-4-8-20-39)42-31-34-56-51(37-42)58(48-25-13-16-28-54(48)61-56)47-24-12-15-27-53(47)60-55-33-29-40(35-50(55)58)38-17-5-3-6-18-38/h3-37H,1-2H3. The maximum atomic E-state index is 6.95. The highest BCUT2D eigenvalue weighted by atomic mass is 16.5. The van der Waals surface area contributed by atoms with E-state index in [0.717, 1.165) is 84.6 Å². The van der Waals surface area contributed by atoms with E-state index < -0.39 is 5.41 Å². The van der Waals surface area contributed by atoms with Crippen molar-refractivity contribution in [2.24, 2.45) is 0 Å². The second-order valence-electron chi connectivity index (χ2n) is 16.8. The Balaban J connectivity index is 1.15. The van der Waals surface area contributed by atoms with Gasteiger partial charge in [0.05, 0.1) is 11.1 Å². The van der Waals surface area contributed by atoms with Crippen LogP contribution in [0.1, 0.15) is 47.2 Å². The predicted octanol–water partition coefficient (Wildman–Crippen LogP) is 15.4. The molecule has 9 aromatic rings. The highest BCUT2D eigenvalue weighted by molar-refractivity contribution is 5.91. The fraction of sp³-hybridized carbons (Fsp3) is 0.0690. The van der Waals surface area contributed by atoms with Crippen LogP contribution in [0.15, 0.2) is 212 Å². The van der Waals surface area contributed by atoms with Crippen LogP contribution < -0.4 is 14.4 Å². The van der Waals surface area contributed by atoms with Gasteiger partial charge in [-0.15, -0.1) is 0 Å². The first-order valence-electron chi connectivity index (χ1n) is 21.1. The number of rotatable bonds is 5. The summed E-state index contributed by atoms with van der Waals surface area (Å²) in [6.07, 6.45) is 0. The van der Waals surface area contributed by atoms with Gasteiger partial charge in [0, 0.05) is 44.6 Å². The highest BCUT2D eigenvalue weighted by Crippen LogP contribution is 2.62. The molecule has 1 spiro atoms. The van der Waals surface area contributed by atoms with E-state index in [1.54, 1.807) is 0 Å². The minimum Gasteiger partial charge on any atom is -0.457 e. The van der Waals surface area contributed by atoms with Gasteiger partial charge in [-0.3, -0.25) is 0 Å². The van der Waals surface area contributed by atoms with Crippen molar-refractivity contribution in [1.82, 2.24) is 0 Å². The second kappa shape index (κ2) is 13.5. The Morgan fingerprint density at radius 2 is 0.803 bits per heavy atom. The zero-order valence-electron chi connectivity index (χ0n) is 34.0. The second-order valence-corrected chi connectivity index (χ2v) is 16.8. The summed E-state index contributed by atoms with van der Waals surface area (Å²) in [7, 11) is 0. The molecule has 2 heterocycles.